The summed E-state index contributed by atoms with van der Waals surface area (Å²) < 4.78 is 48.6. The summed E-state index contributed by atoms with van der Waals surface area (Å²) in [6.45, 7) is 14.0. The summed E-state index contributed by atoms with van der Waals surface area (Å²) in [7, 11) is 0. The predicted molar refractivity (Wildman–Crippen MR) is 262 cm³/mol. The lowest BCUT2D eigenvalue weighted by Crippen LogP contribution is -2.70. The van der Waals surface area contributed by atoms with Gasteiger partial charge in [0.2, 0.25) is 0 Å². The van der Waals surface area contributed by atoms with E-state index in [9.17, 15) is 76.6 Å². The molecule has 4 saturated carbocycles. The van der Waals surface area contributed by atoms with Gasteiger partial charge in [-0.25, -0.2) is 0 Å². The summed E-state index contributed by atoms with van der Waals surface area (Å²) in [6, 6.07) is 0. The Morgan fingerprint density at radius 2 is 1.11 bits per heavy atom. The molecule has 0 aromatic rings. The summed E-state index contributed by atoms with van der Waals surface area (Å²) in [6.07, 6.45) is -26.0. The average Bonchev–Trinajstić information content (AvgIpc) is 3.90. The van der Waals surface area contributed by atoms with Crippen LogP contribution in [0.15, 0.2) is 11.6 Å². The van der Waals surface area contributed by atoms with Crippen molar-refractivity contribution >= 4 is 0 Å². The smallest absolute Gasteiger partial charge is 0.187 e. The van der Waals surface area contributed by atoms with Gasteiger partial charge in [-0.05, 0) is 117 Å². The molecule has 0 amide bonds. The standard InChI is InChI=1S/C53H90O23/c1-22(2)10-9-13-53(8,76-47-42(68)38(64)36(62)29(73-47)21-69-45-40(66)35(61)28(20-56)70-45)23-11-15-51(6)32(23)24(57)16-30-50(5)14-12-31(49(3,4)44(50)25(58)17-52(30,51)7)74-48-43(39(65)34(60)27(19-55)72-48)75-46-41(67)37(63)33(59)26(18-54)71-46/h10,23-48,54-68H,9,11-21H2,1-8H3/t23-,24+,25-,26+,27+,28-,29+,30+,31-,32-,33+,34+,35-,36+,37-,38-,39-,40+,41+,42+,43+,44-,45+,46-,47-,48-,50+,51+,52+,53-/m0/s1. The Morgan fingerprint density at radius 1 is 0.579 bits per heavy atom. The fourth-order valence-electron chi connectivity index (χ4n) is 16.2. The second kappa shape index (κ2) is 22.9. The van der Waals surface area contributed by atoms with Gasteiger partial charge < -0.3 is 114 Å². The topological polar surface area (TPSA) is 377 Å². The molecule has 8 rings (SSSR count). The van der Waals surface area contributed by atoms with E-state index < -0.39 is 195 Å². The van der Waals surface area contributed by atoms with E-state index in [4.69, 9.17) is 37.9 Å². The lowest BCUT2D eigenvalue weighted by Gasteiger charge is -2.71. The van der Waals surface area contributed by atoms with Gasteiger partial charge >= 0.3 is 0 Å². The zero-order chi connectivity index (χ0) is 55.9. The van der Waals surface area contributed by atoms with Crippen molar-refractivity contribution in [3.05, 3.63) is 11.6 Å². The van der Waals surface area contributed by atoms with E-state index in [1.807, 2.05) is 34.6 Å². The highest BCUT2D eigenvalue weighted by atomic mass is 16.8. The van der Waals surface area contributed by atoms with Crippen molar-refractivity contribution in [2.75, 3.05) is 26.4 Å². The molecule has 0 aromatic heterocycles. The molecule has 0 spiro atoms. The molecule has 4 aliphatic heterocycles. The van der Waals surface area contributed by atoms with Crippen LogP contribution in [-0.4, -0.2) is 244 Å². The van der Waals surface area contributed by atoms with Crippen molar-refractivity contribution in [2.45, 2.75) is 247 Å². The van der Waals surface area contributed by atoms with E-state index >= 15 is 0 Å². The average molecular weight is 1100 g/mol. The maximum atomic E-state index is 12.8. The number of hydrogen-bond acceptors (Lipinski definition) is 23. The maximum Gasteiger partial charge on any atom is 0.187 e. The molecule has 76 heavy (non-hydrogen) atoms. The molecule has 8 fully saturated rings. The van der Waals surface area contributed by atoms with Gasteiger partial charge in [0.15, 0.2) is 25.2 Å². The van der Waals surface area contributed by atoms with Crippen molar-refractivity contribution in [3.63, 3.8) is 0 Å². The van der Waals surface area contributed by atoms with Crippen molar-refractivity contribution in [3.8, 4) is 0 Å². The summed E-state index contributed by atoms with van der Waals surface area (Å²) in [4.78, 5) is 0. The lowest BCUT2D eigenvalue weighted by atomic mass is 9.34. The van der Waals surface area contributed by atoms with Crippen molar-refractivity contribution in [1.29, 1.82) is 0 Å². The first-order chi connectivity index (χ1) is 35.5. The molecular formula is C53H90O23. The van der Waals surface area contributed by atoms with E-state index in [1.54, 1.807) is 0 Å². The number of ether oxygens (including phenoxy) is 8. The van der Waals surface area contributed by atoms with Gasteiger partial charge in [-0.15, -0.1) is 0 Å². The van der Waals surface area contributed by atoms with Gasteiger partial charge in [0.25, 0.3) is 0 Å². The normalized spacial score (nSPS) is 53.0. The van der Waals surface area contributed by atoms with Gasteiger partial charge in [-0.2, -0.15) is 0 Å². The van der Waals surface area contributed by atoms with Crippen LogP contribution in [-0.2, 0) is 37.9 Å². The molecule has 23 heteroatoms. The van der Waals surface area contributed by atoms with Crippen LogP contribution in [0.2, 0.25) is 0 Å². The molecule has 0 bridgehead atoms. The Labute approximate surface area is 444 Å². The van der Waals surface area contributed by atoms with Crippen LogP contribution in [0.5, 0.6) is 0 Å². The van der Waals surface area contributed by atoms with E-state index in [1.165, 1.54) is 0 Å². The number of aliphatic hydroxyl groups excluding tert-OH is 15. The monoisotopic (exact) mass is 1090 g/mol. The Kier molecular flexibility index (Phi) is 18.3. The second-order valence-corrected chi connectivity index (χ2v) is 25.4. The van der Waals surface area contributed by atoms with Gasteiger partial charge in [-0.3, -0.25) is 0 Å². The van der Waals surface area contributed by atoms with Gasteiger partial charge in [0.05, 0.1) is 50.3 Å². The first-order valence-corrected chi connectivity index (χ1v) is 27.4. The van der Waals surface area contributed by atoms with Gasteiger partial charge in [-0.1, -0.05) is 46.3 Å². The van der Waals surface area contributed by atoms with E-state index in [2.05, 4.69) is 26.8 Å². The lowest BCUT2D eigenvalue weighted by molar-refractivity contribution is -0.380. The summed E-state index contributed by atoms with van der Waals surface area (Å²) in [5, 5.41) is 164. The molecule has 0 radical (unpaired) electrons. The number of fused-ring (bicyclic) bond motifs is 5. The highest BCUT2D eigenvalue weighted by Gasteiger charge is 2.74. The Balaban J connectivity index is 1.03. The van der Waals surface area contributed by atoms with Crippen LogP contribution in [0.25, 0.3) is 0 Å². The largest absolute Gasteiger partial charge is 0.394 e. The molecule has 4 saturated heterocycles. The molecule has 15 N–H and O–H groups in total. The van der Waals surface area contributed by atoms with Crippen molar-refractivity contribution < 1.29 is 114 Å². The van der Waals surface area contributed by atoms with Crippen LogP contribution < -0.4 is 0 Å². The Morgan fingerprint density at radius 3 is 1.71 bits per heavy atom. The molecule has 0 unspecified atom stereocenters. The van der Waals surface area contributed by atoms with Crippen LogP contribution in [0.3, 0.4) is 0 Å². The van der Waals surface area contributed by atoms with Crippen LogP contribution in [0, 0.1) is 45.3 Å². The predicted octanol–water partition coefficient (Wildman–Crippen LogP) is -2.59. The maximum absolute atomic E-state index is 12.8. The molecule has 4 heterocycles. The Hall–Kier alpha value is -1.18. The molecule has 440 valence electrons. The number of hydrogen-bond donors (Lipinski definition) is 15. The SMILES string of the molecule is CC(C)=CCC[C@](C)(O[C@@H]1O[C@H](CO[C@@H]2O[C@@H](CO)[C@H](O)[C@H]2O)[C@@H](O)[C@H](O)[C@H]1O)[C@H]1CC[C@]2(C)[C@@H]1[C@H](O)C[C@@H]1[C@@]3(C)CC[C@H](O[C@@H]4O[C@H](CO)[C@@H](O)[C@H](O)[C@H]4O[C@@H]4O[C@H](CO)[C@@H](O)[C@H](O)[C@H]4O)C(C)(C)[C@@H]3[C@@H](O)C[C@]12C. The number of aliphatic hydroxyl groups is 15. The van der Waals surface area contributed by atoms with Gasteiger partial charge in [0, 0.05) is 0 Å². The summed E-state index contributed by atoms with van der Waals surface area (Å²) in [5.74, 6) is -1.26. The van der Waals surface area contributed by atoms with Crippen LogP contribution in [0.1, 0.15) is 107 Å². The molecular weight excluding hydrogens is 1000 g/mol. The van der Waals surface area contributed by atoms with E-state index in [0.717, 1.165) is 5.57 Å². The highest BCUT2D eigenvalue weighted by molar-refractivity contribution is 5.22. The van der Waals surface area contributed by atoms with E-state index in [0.29, 0.717) is 51.4 Å². The second-order valence-electron chi connectivity index (χ2n) is 25.4. The molecule has 4 aliphatic carbocycles. The molecule has 30 atom stereocenters. The third-order valence-corrected chi connectivity index (χ3v) is 20.4. The molecule has 23 nitrogen and oxygen atoms in total. The number of rotatable bonds is 16. The van der Waals surface area contributed by atoms with Gasteiger partial charge in [0.1, 0.15) is 91.6 Å². The zero-order valence-electron chi connectivity index (χ0n) is 45.0. The summed E-state index contributed by atoms with van der Waals surface area (Å²) in [5.41, 5.74) is -2.59. The Bertz CT molecular complexity index is 1980. The van der Waals surface area contributed by atoms with Crippen molar-refractivity contribution in [2.24, 2.45) is 45.3 Å². The van der Waals surface area contributed by atoms with Crippen LogP contribution >= 0.6 is 0 Å². The van der Waals surface area contributed by atoms with Crippen molar-refractivity contribution in [1.82, 2.24) is 0 Å². The molecule has 0 aromatic carbocycles. The van der Waals surface area contributed by atoms with E-state index in [-0.39, 0.29) is 17.8 Å². The zero-order valence-corrected chi connectivity index (χ0v) is 45.0. The first-order valence-electron chi connectivity index (χ1n) is 27.4. The third-order valence-electron chi connectivity index (χ3n) is 20.4. The number of allylic oxidation sites excluding steroid dienone is 2. The minimum absolute atomic E-state index is 0.123. The third kappa shape index (κ3) is 10.4. The fourth-order valence-corrected chi connectivity index (χ4v) is 16.2. The fraction of sp³-hybridized carbons (Fsp3) is 0.962. The van der Waals surface area contributed by atoms with Crippen LogP contribution in [0.4, 0.5) is 0 Å². The molecule has 8 aliphatic rings. The quantitative estimate of drug-likeness (QED) is 0.0557. The minimum atomic E-state index is -1.85. The minimum Gasteiger partial charge on any atom is -0.394 e. The first kappa shape index (κ1) is 60.9. The summed E-state index contributed by atoms with van der Waals surface area (Å²) >= 11 is 0. The highest BCUT2D eigenvalue weighted by Crippen LogP contribution is 2.76.